The summed E-state index contributed by atoms with van der Waals surface area (Å²) in [5.41, 5.74) is 6.74. The average Bonchev–Trinajstić information content (AvgIpc) is 3.72. The summed E-state index contributed by atoms with van der Waals surface area (Å²) in [6.07, 6.45) is 6.77. The number of rotatable bonds is 14. The number of halogens is 1. The molecule has 3 aromatic carbocycles. The van der Waals surface area contributed by atoms with E-state index in [1.54, 1.807) is 19.2 Å². The van der Waals surface area contributed by atoms with Crippen LogP contribution in [-0.4, -0.2) is 80.3 Å². The molecule has 3 aromatic heterocycles. The summed E-state index contributed by atoms with van der Waals surface area (Å²) in [4.78, 5) is 7.13. The fourth-order valence-electron chi connectivity index (χ4n) is 7.36. The van der Waals surface area contributed by atoms with Gasteiger partial charge in [0.25, 0.3) is 0 Å². The second-order valence-electron chi connectivity index (χ2n) is 17.2. The third kappa shape index (κ3) is 7.52. The van der Waals surface area contributed by atoms with Gasteiger partial charge in [0.2, 0.25) is 0 Å². The third-order valence-electron chi connectivity index (χ3n) is 11.8. The van der Waals surface area contributed by atoms with Gasteiger partial charge in [-0.2, -0.15) is 0 Å². The summed E-state index contributed by atoms with van der Waals surface area (Å²) < 4.78 is 27.5. The maximum Gasteiger partial charge on any atom is 0.125 e. The van der Waals surface area contributed by atoms with Gasteiger partial charge in [0, 0.05) is 90.3 Å². The number of hydrogen-bond donors (Lipinski definition) is 0. The molecule has 0 bridgehead atoms. The number of methoxy groups -OCH3 is 1. The van der Waals surface area contributed by atoms with E-state index in [1.165, 1.54) is 38.5 Å². The summed E-state index contributed by atoms with van der Waals surface area (Å²) in [5, 5.41) is 3.61. The second-order valence-corrected chi connectivity index (χ2v) is 17.2. The van der Waals surface area contributed by atoms with Gasteiger partial charge in [-0.15, -0.1) is 0 Å². The number of benzene rings is 3. The van der Waals surface area contributed by atoms with E-state index < -0.39 is 0 Å². The molecule has 0 N–H and O–H groups in total. The zero-order valence-corrected chi connectivity index (χ0v) is 33.5. The van der Waals surface area contributed by atoms with Crippen LogP contribution in [0.4, 0.5) is 4.39 Å². The van der Waals surface area contributed by atoms with Crippen LogP contribution in [0.3, 0.4) is 0 Å². The molecule has 7 nitrogen and oxygen atoms in total. The van der Waals surface area contributed by atoms with Gasteiger partial charge >= 0.3 is 0 Å². The lowest BCUT2D eigenvalue weighted by Gasteiger charge is -2.37. The molecule has 0 aliphatic heterocycles. The molecule has 0 amide bonds. The van der Waals surface area contributed by atoms with Crippen LogP contribution in [0.25, 0.3) is 32.7 Å². The summed E-state index contributed by atoms with van der Waals surface area (Å²) in [5.74, 6) is 0.649. The summed E-state index contributed by atoms with van der Waals surface area (Å²) in [6, 6.07) is 20.5. The van der Waals surface area contributed by atoms with Crippen LogP contribution >= 0.6 is 0 Å². The number of hydrogen-bond acceptors (Lipinski definition) is 4. The zero-order chi connectivity index (χ0) is 37.7. The molecule has 278 valence electrons. The van der Waals surface area contributed by atoms with E-state index in [1.807, 2.05) is 6.07 Å². The van der Waals surface area contributed by atoms with Gasteiger partial charge in [-0.1, -0.05) is 11.6 Å². The molecule has 6 rings (SSSR count). The minimum absolute atomic E-state index is 0.0287. The lowest BCUT2D eigenvalue weighted by atomic mass is 10.0. The minimum atomic E-state index is -0.238. The van der Waals surface area contributed by atoms with Crippen LogP contribution in [0.15, 0.2) is 79.3 Å². The number of aryl methyl sites for hydroxylation is 1. The highest BCUT2D eigenvalue weighted by Gasteiger charge is 2.30. The van der Waals surface area contributed by atoms with Gasteiger partial charge in [0.05, 0.1) is 18.1 Å². The molecule has 0 fully saturated rings. The maximum absolute atomic E-state index is 14.8. The highest BCUT2D eigenvalue weighted by atomic mass is 19.1. The first-order chi connectivity index (χ1) is 24.4. The highest BCUT2D eigenvalue weighted by Crippen LogP contribution is 2.33. The Bertz CT molecular complexity index is 2200. The van der Waals surface area contributed by atoms with Gasteiger partial charge < -0.3 is 23.3 Å². The van der Waals surface area contributed by atoms with Crippen molar-refractivity contribution in [1.82, 2.24) is 28.4 Å². The molecular formula is C44H59FN6O. The molecule has 0 saturated heterocycles. The molecule has 0 spiro atoms. The van der Waals surface area contributed by atoms with E-state index in [9.17, 15) is 4.39 Å². The molecule has 0 aliphatic carbocycles. The topological polar surface area (TPSA) is 33.7 Å². The lowest BCUT2D eigenvalue weighted by molar-refractivity contribution is 0.126. The normalized spacial score (nSPS) is 13.2. The predicted molar refractivity (Wildman–Crippen MR) is 216 cm³/mol. The van der Waals surface area contributed by atoms with E-state index in [4.69, 9.17) is 4.74 Å². The largest absolute Gasteiger partial charge is 0.497 e. The summed E-state index contributed by atoms with van der Waals surface area (Å²) in [7, 11) is 10.4. The molecule has 0 aliphatic rings. The van der Waals surface area contributed by atoms with Crippen molar-refractivity contribution >= 4 is 32.7 Å². The van der Waals surface area contributed by atoms with Crippen LogP contribution in [0, 0.1) is 12.7 Å². The van der Waals surface area contributed by atoms with Crippen LogP contribution < -0.4 is 4.74 Å². The molecule has 3 heterocycles. The van der Waals surface area contributed by atoms with Crippen molar-refractivity contribution in [3.05, 3.63) is 102 Å². The molecule has 0 atom stereocenters. The Morgan fingerprint density at radius 2 is 1.15 bits per heavy atom. The molecular weight excluding hydrogens is 648 g/mol. The van der Waals surface area contributed by atoms with E-state index in [-0.39, 0.29) is 22.4 Å². The first-order valence-corrected chi connectivity index (χ1v) is 18.5. The molecule has 8 heteroatoms. The van der Waals surface area contributed by atoms with Gasteiger partial charge in [0.15, 0.2) is 0 Å². The van der Waals surface area contributed by atoms with Crippen LogP contribution in [0.1, 0.15) is 58.2 Å². The first kappa shape index (κ1) is 37.6. The fraction of sp³-hybridized carbons (Fsp3) is 0.455. The number of likely N-dealkylation sites (N-methyl/N-ethyl adjacent to an activating group) is 3. The Hall–Kier alpha value is -4.11. The van der Waals surface area contributed by atoms with Crippen LogP contribution in [0.5, 0.6) is 5.75 Å². The number of nitrogens with zero attached hydrogens (tertiary/aromatic N) is 6. The summed E-state index contributed by atoms with van der Waals surface area (Å²) >= 11 is 0. The first-order valence-electron chi connectivity index (χ1n) is 18.5. The third-order valence-corrected chi connectivity index (χ3v) is 11.8. The minimum Gasteiger partial charge on any atom is -0.497 e. The highest BCUT2D eigenvalue weighted by molar-refractivity contribution is 5.86. The monoisotopic (exact) mass is 706 g/mol. The SMILES string of the molecule is COc1ccc2c(CN(C)C(C)(C)Cn3cc(CN(C)C(C)(C)Cn4ccc5cc(C)ccc54)c4ccc(F)cc43)cn(CC(C)(C)N(C)C)c2c1. The van der Waals surface area contributed by atoms with Crippen molar-refractivity contribution in [2.75, 3.05) is 35.3 Å². The Labute approximate surface area is 310 Å². The van der Waals surface area contributed by atoms with Crippen LogP contribution in [-0.2, 0) is 32.7 Å². The van der Waals surface area contributed by atoms with Crippen molar-refractivity contribution < 1.29 is 9.13 Å². The Morgan fingerprint density at radius 1 is 0.615 bits per heavy atom. The van der Waals surface area contributed by atoms with Crippen molar-refractivity contribution in [2.45, 2.75) is 97.8 Å². The van der Waals surface area contributed by atoms with Gasteiger partial charge in [-0.05, 0) is 142 Å². The standard InChI is InChI=1S/C44H59FN6O/c1-31-13-18-39-32(21-31)19-20-49(39)29-43(4,5)47(10)24-33-27-51(40-22-35(45)14-16-37(33)40)30-44(6,7)48(11)25-34-26-50(28-42(2,3)46(8)9)41-23-36(52-12)15-17-38(34)41/h13-23,26-27H,24-25,28-30H2,1-12H3. The maximum atomic E-state index is 14.8. The smallest absolute Gasteiger partial charge is 0.125 e. The predicted octanol–water partition coefficient (Wildman–Crippen LogP) is 9.17. The van der Waals surface area contributed by atoms with Gasteiger partial charge in [-0.25, -0.2) is 4.39 Å². The molecule has 0 unspecified atom stereocenters. The summed E-state index contributed by atoms with van der Waals surface area (Å²) in [6.45, 7) is 19.8. The number of ether oxygens (including phenoxy) is 1. The Morgan fingerprint density at radius 3 is 1.73 bits per heavy atom. The molecule has 0 radical (unpaired) electrons. The number of fused-ring (bicyclic) bond motifs is 3. The quantitative estimate of drug-likeness (QED) is 0.113. The van der Waals surface area contributed by atoms with E-state index in [0.29, 0.717) is 6.54 Å². The number of aromatic nitrogens is 3. The van der Waals surface area contributed by atoms with Crippen molar-refractivity contribution in [1.29, 1.82) is 0 Å². The van der Waals surface area contributed by atoms with Crippen molar-refractivity contribution in [2.24, 2.45) is 0 Å². The average molecular weight is 707 g/mol. The Kier molecular flexibility index (Phi) is 10.2. The molecule has 0 saturated carbocycles. The van der Waals surface area contributed by atoms with E-state index >= 15 is 0 Å². The molecule has 52 heavy (non-hydrogen) atoms. The molecule has 6 aromatic rings. The van der Waals surface area contributed by atoms with Gasteiger partial charge in [0.1, 0.15) is 11.6 Å². The zero-order valence-electron chi connectivity index (χ0n) is 33.5. The van der Waals surface area contributed by atoms with Gasteiger partial charge in [-0.3, -0.25) is 9.80 Å². The second kappa shape index (κ2) is 14.0. The van der Waals surface area contributed by atoms with Crippen molar-refractivity contribution in [3.63, 3.8) is 0 Å². The van der Waals surface area contributed by atoms with Crippen LogP contribution in [0.2, 0.25) is 0 Å². The van der Waals surface area contributed by atoms with E-state index in [2.05, 4.69) is 166 Å². The van der Waals surface area contributed by atoms with E-state index in [0.717, 1.165) is 42.8 Å². The van der Waals surface area contributed by atoms with Crippen molar-refractivity contribution in [3.8, 4) is 5.75 Å². The fourth-order valence-corrected chi connectivity index (χ4v) is 7.36. The Balaban J connectivity index is 1.25. The lowest BCUT2D eigenvalue weighted by Crippen LogP contribution is -2.44.